The second kappa shape index (κ2) is 17.9. The molecule has 0 radical (unpaired) electrons. The molecule has 2 aliphatic heterocycles. The van der Waals surface area contributed by atoms with Crippen LogP contribution in [0.25, 0.3) is 5.69 Å². The zero-order valence-corrected chi connectivity index (χ0v) is 35.4. The quantitative estimate of drug-likeness (QED) is 0.120. The normalized spacial score (nSPS) is 13.6. The zero-order chi connectivity index (χ0) is 42.7. The number of nitrogens with one attached hydrogen (secondary N) is 1. The number of fused-ring (bicyclic) bond motifs is 2. The summed E-state index contributed by atoms with van der Waals surface area (Å²) in [6.07, 6.45) is 4.56. The summed E-state index contributed by atoms with van der Waals surface area (Å²) in [7, 11) is -4.39. The Bertz CT molecular complexity index is 2570. The van der Waals surface area contributed by atoms with Crippen LogP contribution in [0.4, 0.5) is 14.5 Å². The first kappa shape index (κ1) is 42.5. The Morgan fingerprint density at radius 1 is 0.833 bits per heavy atom. The molecule has 15 heteroatoms. The van der Waals surface area contributed by atoms with Crippen molar-refractivity contribution in [1.82, 2.24) is 24.3 Å². The third-order valence-electron chi connectivity index (χ3n) is 11.2. The summed E-state index contributed by atoms with van der Waals surface area (Å²) in [6.45, 7) is 8.46. The number of amides is 3. The van der Waals surface area contributed by atoms with Crippen molar-refractivity contribution in [2.24, 2.45) is 0 Å². The predicted octanol–water partition coefficient (Wildman–Crippen LogP) is 8.03. The number of carbonyl (C=O) groups is 3. The van der Waals surface area contributed by atoms with E-state index in [1.54, 1.807) is 22.8 Å². The fourth-order valence-corrected chi connectivity index (χ4v) is 8.99. The first-order chi connectivity index (χ1) is 28.8. The Balaban J connectivity index is 1.18. The molecule has 0 unspecified atom stereocenters. The smallest absolute Gasteiger partial charge is 0.275 e. The van der Waals surface area contributed by atoms with Crippen molar-refractivity contribution in [2.75, 3.05) is 31.1 Å². The zero-order valence-electron chi connectivity index (χ0n) is 33.8. The molecule has 0 saturated heterocycles. The van der Waals surface area contributed by atoms with Crippen LogP contribution in [0.2, 0.25) is 5.02 Å². The third-order valence-corrected chi connectivity index (χ3v) is 13.0. The molecule has 5 aromatic rings. The fraction of sp³-hybridized carbons (Fsp3) is 0.333. The van der Waals surface area contributed by atoms with Crippen LogP contribution >= 0.6 is 11.6 Å². The number of anilines is 1. The third kappa shape index (κ3) is 8.80. The van der Waals surface area contributed by atoms with E-state index in [4.69, 9.17) is 11.6 Å². The van der Waals surface area contributed by atoms with Gasteiger partial charge in [-0.3, -0.25) is 14.4 Å². The lowest BCUT2D eigenvalue weighted by Gasteiger charge is -2.29. The molecule has 314 valence electrons. The summed E-state index contributed by atoms with van der Waals surface area (Å²) in [5.41, 5.74) is 4.91. The van der Waals surface area contributed by atoms with E-state index in [0.717, 1.165) is 60.2 Å². The Kier molecular flexibility index (Phi) is 12.7. The minimum absolute atomic E-state index is 0.0569. The molecule has 1 N–H and O–H groups in total. The highest BCUT2D eigenvalue weighted by Crippen LogP contribution is 2.33. The van der Waals surface area contributed by atoms with Crippen molar-refractivity contribution in [2.45, 2.75) is 77.3 Å². The van der Waals surface area contributed by atoms with Crippen LogP contribution in [0.3, 0.4) is 0 Å². The maximum Gasteiger partial charge on any atom is 0.275 e. The number of benzene rings is 4. The maximum atomic E-state index is 14.5. The molecule has 3 heterocycles. The van der Waals surface area contributed by atoms with E-state index >= 15 is 0 Å². The molecule has 0 fully saturated rings. The molecule has 0 saturated carbocycles. The van der Waals surface area contributed by atoms with Crippen LogP contribution < -0.4 is 9.62 Å². The molecular formula is C45H47ClF2N6O5S. The highest BCUT2D eigenvalue weighted by molar-refractivity contribution is 7.90. The Morgan fingerprint density at radius 2 is 1.53 bits per heavy atom. The van der Waals surface area contributed by atoms with Gasteiger partial charge in [0.15, 0.2) is 17.3 Å². The number of rotatable bonds is 14. The number of sulfonamides is 1. The van der Waals surface area contributed by atoms with E-state index in [2.05, 4.69) is 23.7 Å². The van der Waals surface area contributed by atoms with Crippen LogP contribution in [-0.4, -0.2) is 71.9 Å². The molecule has 0 atom stereocenters. The second-order valence-corrected chi connectivity index (χ2v) is 17.3. The molecule has 0 bridgehead atoms. The van der Waals surface area contributed by atoms with Crippen molar-refractivity contribution in [3.8, 4) is 5.69 Å². The highest BCUT2D eigenvalue weighted by atomic mass is 35.5. The Morgan fingerprint density at radius 3 is 2.25 bits per heavy atom. The van der Waals surface area contributed by atoms with Gasteiger partial charge in [-0.25, -0.2) is 26.6 Å². The fourth-order valence-electron chi connectivity index (χ4n) is 7.77. The minimum Gasteiger partial charge on any atom is -0.367 e. The van der Waals surface area contributed by atoms with Gasteiger partial charge in [0.1, 0.15) is 0 Å². The van der Waals surface area contributed by atoms with Gasteiger partial charge in [-0.1, -0.05) is 68.6 Å². The topological polar surface area (TPSA) is 125 Å². The van der Waals surface area contributed by atoms with Crippen molar-refractivity contribution < 1.29 is 31.6 Å². The van der Waals surface area contributed by atoms with Crippen molar-refractivity contribution in [3.63, 3.8) is 0 Å². The number of carbonyl (C=O) groups excluding carboxylic acids is 3. The van der Waals surface area contributed by atoms with Gasteiger partial charge in [0.25, 0.3) is 27.7 Å². The first-order valence-electron chi connectivity index (χ1n) is 20.2. The van der Waals surface area contributed by atoms with Crippen molar-refractivity contribution in [3.05, 3.63) is 140 Å². The average molecular weight is 857 g/mol. The molecular weight excluding hydrogens is 810 g/mol. The highest BCUT2D eigenvalue weighted by Gasteiger charge is 2.31. The van der Waals surface area contributed by atoms with Gasteiger partial charge in [-0.15, -0.1) is 0 Å². The van der Waals surface area contributed by atoms with Gasteiger partial charge in [0.2, 0.25) is 0 Å². The van der Waals surface area contributed by atoms with E-state index in [1.807, 2.05) is 29.2 Å². The van der Waals surface area contributed by atoms with Gasteiger partial charge in [0.05, 0.1) is 26.9 Å². The van der Waals surface area contributed by atoms with E-state index < -0.39 is 33.5 Å². The molecule has 3 amide bonds. The largest absolute Gasteiger partial charge is 0.367 e. The van der Waals surface area contributed by atoms with E-state index in [-0.39, 0.29) is 38.3 Å². The summed E-state index contributed by atoms with van der Waals surface area (Å²) >= 11 is 6.82. The SMILES string of the molecule is CCCCN(CCCC)C(=O)c1nn(-c2ccc(C(=O)NS(=O)(=O)c3ccc4c(c3)CCN4Cc3ccc(F)c(F)c3)cc2C(=O)N2CCc3ccccc3C2)c(C)c1Cl. The monoisotopic (exact) mass is 856 g/mol. The first-order valence-corrected chi connectivity index (χ1v) is 22.1. The number of hydrogen-bond acceptors (Lipinski definition) is 7. The second-order valence-electron chi connectivity index (χ2n) is 15.3. The van der Waals surface area contributed by atoms with Gasteiger partial charge >= 0.3 is 0 Å². The van der Waals surface area contributed by atoms with Gasteiger partial charge < -0.3 is 14.7 Å². The van der Waals surface area contributed by atoms with Gasteiger partial charge in [0, 0.05) is 50.5 Å². The number of unbranched alkanes of at least 4 members (excludes halogenated alkanes) is 2. The van der Waals surface area contributed by atoms with Crippen LogP contribution in [0.15, 0.2) is 83.8 Å². The molecule has 2 aliphatic rings. The Labute approximate surface area is 354 Å². The molecule has 60 heavy (non-hydrogen) atoms. The van der Waals surface area contributed by atoms with E-state index in [9.17, 15) is 31.6 Å². The van der Waals surface area contributed by atoms with Crippen molar-refractivity contribution >= 4 is 45.0 Å². The van der Waals surface area contributed by atoms with E-state index in [0.29, 0.717) is 63.4 Å². The summed E-state index contributed by atoms with van der Waals surface area (Å²) in [6, 6.07) is 20.4. The van der Waals surface area contributed by atoms with Crippen LogP contribution in [0.1, 0.15) is 98.7 Å². The lowest BCUT2D eigenvalue weighted by atomic mass is 9.98. The number of hydrogen-bond donors (Lipinski definition) is 1. The van der Waals surface area contributed by atoms with Crippen LogP contribution in [-0.2, 0) is 36.0 Å². The number of nitrogens with zero attached hydrogens (tertiary/aromatic N) is 5. The lowest BCUT2D eigenvalue weighted by molar-refractivity contribution is 0.0732. The lowest BCUT2D eigenvalue weighted by Crippen LogP contribution is -2.37. The molecule has 0 spiro atoms. The van der Waals surface area contributed by atoms with Crippen LogP contribution in [0, 0.1) is 18.6 Å². The predicted molar refractivity (Wildman–Crippen MR) is 226 cm³/mol. The minimum atomic E-state index is -4.39. The number of aromatic nitrogens is 2. The Hall–Kier alpha value is -5.60. The molecule has 0 aliphatic carbocycles. The average Bonchev–Trinajstić information content (AvgIpc) is 3.79. The summed E-state index contributed by atoms with van der Waals surface area (Å²) in [5.74, 6) is -3.55. The standard InChI is InChI=1S/C45H47ClF2N6O5S/c1-4-6-20-51(21-7-5-2)45(57)42-41(46)29(3)54(49-42)40-16-13-33(26-36(40)44(56)53-23-18-31-10-8-9-11-34(31)28-53)43(55)50-60(58,59)35-14-17-39-32(25-35)19-22-52(39)27-30-12-15-37(47)38(48)24-30/h8-17,24-26H,4-7,18-23,27-28H2,1-3H3,(H,50,55). The maximum absolute atomic E-state index is 14.5. The van der Waals surface area contributed by atoms with Crippen LogP contribution in [0.5, 0.6) is 0 Å². The van der Waals surface area contributed by atoms with Gasteiger partial charge in [-0.05, 0) is 103 Å². The molecule has 4 aromatic carbocycles. The van der Waals surface area contributed by atoms with E-state index in [1.165, 1.54) is 41.1 Å². The summed E-state index contributed by atoms with van der Waals surface area (Å²) in [5, 5.41) is 4.82. The number of halogens is 3. The van der Waals surface area contributed by atoms with Crippen molar-refractivity contribution in [1.29, 1.82) is 0 Å². The molecule has 1 aromatic heterocycles. The van der Waals surface area contributed by atoms with Gasteiger partial charge in [-0.2, -0.15) is 5.10 Å². The summed E-state index contributed by atoms with van der Waals surface area (Å²) < 4.78 is 58.4. The molecule has 7 rings (SSSR count). The molecule has 11 nitrogen and oxygen atoms in total. The summed E-state index contributed by atoms with van der Waals surface area (Å²) in [4.78, 5) is 47.5.